The zero-order valence-corrected chi connectivity index (χ0v) is 39.1. The van der Waals surface area contributed by atoms with Gasteiger partial charge in [-0.05, 0) is 15.8 Å². The summed E-state index contributed by atoms with van der Waals surface area (Å²) in [7, 11) is 0.191. The summed E-state index contributed by atoms with van der Waals surface area (Å²) in [6, 6.07) is 64.4. The molecule has 6 heteroatoms. The summed E-state index contributed by atoms with van der Waals surface area (Å²) in [5.74, 6) is 0. The van der Waals surface area contributed by atoms with Gasteiger partial charge in [0.25, 0.3) is 0 Å². The van der Waals surface area contributed by atoms with Crippen LogP contribution in [0, 0.1) is 0 Å². The Labute approximate surface area is 327 Å². The summed E-state index contributed by atoms with van der Waals surface area (Å²) < 4.78 is 8.97. The van der Waals surface area contributed by atoms with Gasteiger partial charge in [0.1, 0.15) is 0 Å². The van der Waals surface area contributed by atoms with Crippen LogP contribution < -0.4 is 26.4 Å². The Morgan fingerprint density at radius 1 is 0.292 bits per heavy atom. The molecule has 6 aromatic carbocycles. The van der Waals surface area contributed by atoms with E-state index in [9.17, 15) is 0 Å². The quantitative estimate of drug-likeness (QED) is 0.124. The zero-order chi connectivity index (χ0) is 33.4. The van der Waals surface area contributed by atoms with Crippen molar-refractivity contribution in [3.05, 3.63) is 182 Å². The third kappa shape index (κ3) is 20.9. The van der Waals surface area contributed by atoms with E-state index in [1.807, 2.05) is 0 Å². The first-order chi connectivity index (χ1) is 23.0. The summed E-state index contributed by atoms with van der Waals surface area (Å²) in [5.41, 5.74) is 0. The van der Waals surface area contributed by atoms with Crippen LogP contribution in [-0.4, -0.2) is 85.3 Å². The summed E-state index contributed by atoms with van der Waals surface area (Å²) in [6.45, 7) is 9.59. The number of hydrogen-bond acceptors (Lipinski definition) is 0. The Hall–Kier alpha value is -1.50. The number of hydrogen-bond donors (Lipinski definition) is 0. The molecule has 0 amide bonds. The van der Waals surface area contributed by atoms with Crippen molar-refractivity contribution < 1.29 is 21.1 Å². The van der Waals surface area contributed by atoms with E-state index in [0.29, 0.717) is 0 Å². The predicted octanol–water partition coefficient (Wildman–Crippen LogP) is 5.96. The van der Waals surface area contributed by atoms with Gasteiger partial charge in [0.15, 0.2) is 0 Å². The molecular weight excluding hydrogens is 979 g/mol. The number of rotatable bonds is 9. The van der Waals surface area contributed by atoms with Crippen molar-refractivity contribution in [2.45, 2.75) is 0 Å². The average Bonchev–Trinajstić information content (AvgIpc) is 3.11. The molecule has 0 unspecified atom stereocenters. The van der Waals surface area contributed by atoms with Gasteiger partial charge in [-0.1, -0.05) is 0 Å². The van der Waals surface area contributed by atoms with Crippen LogP contribution in [0.2, 0.25) is 0 Å². The minimum atomic E-state index is -0.108. The van der Waals surface area contributed by atoms with Crippen molar-refractivity contribution in [1.82, 2.24) is 0 Å². The molecule has 0 aliphatic rings. The number of benzene rings is 6. The molecule has 0 heterocycles. The molecule has 6 aromatic rings. The zero-order valence-electron chi connectivity index (χ0n) is 28.6. The summed E-state index contributed by atoms with van der Waals surface area (Å²) in [4.78, 5) is 0. The van der Waals surface area contributed by atoms with Crippen molar-refractivity contribution in [2.24, 2.45) is 0 Å². The minimum absolute atomic E-state index is 0. The van der Waals surface area contributed by atoms with Gasteiger partial charge in [0, 0.05) is 26.7 Å². The Balaban J connectivity index is 0.000000225. The third-order valence-electron chi connectivity index (χ3n) is 6.63. The fraction of sp³-hybridized carbons (Fsp3) is 0.143. The SMILES string of the molecule is C[PH+](C)CC[PH+](C)C.[Pt+2].c1cc[c]([Ge][c]2ccccc2)cc1.c1cc[c]([Ge][c]2ccccc2)cc1.c1cc[c]([Ge][c]2ccccc2)cc1. The first kappa shape index (κ1) is 42.7. The van der Waals surface area contributed by atoms with E-state index in [4.69, 9.17) is 0 Å². The van der Waals surface area contributed by atoms with Gasteiger partial charge in [-0.3, -0.25) is 0 Å². The topological polar surface area (TPSA) is 0 Å². The maximum atomic E-state index is 2.40. The van der Waals surface area contributed by atoms with Gasteiger partial charge in [0.2, 0.25) is 0 Å². The molecule has 0 saturated heterocycles. The molecule has 0 atom stereocenters. The standard InChI is InChI=1S/3C12H10Ge.C6H16P2.Pt/c3*1-3-7-11(8-4-1)13-12-9-5-2-6-10-12;1-7(2)5-6-8(3)4;/h3*1-10H;5-6H2,1-4H3;/q;;;;+2/p+2. The van der Waals surface area contributed by atoms with Gasteiger partial charge in [0.05, 0.1) is 12.3 Å². The first-order valence-electron chi connectivity index (χ1n) is 16.2. The Morgan fingerprint density at radius 2 is 0.438 bits per heavy atom. The van der Waals surface area contributed by atoms with E-state index < -0.39 is 0 Å². The fourth-order valence-corrected chi connectivity index (χ4v) is 14.7. The molecule has 0 N–H and O–H groups in total. The fourth-order valence-electron chi connectivity index (χ4n) is 4.13. The van der Waals surface area contributed by atoms with Crippen molar-refractivity contribution in [1.29, 1.82) is 0 Å². The molecule has 244 valence electrons. The van der Waals surface area contributed by atoms with E-state index in [0.717, 1.165) is 0 Å². The molecule has 0 aliphatic carbocycles. The van der Waals surface area contributed by atoms with Gasteiger partial charge >= 0.3 is 276 Å². The van der Waals surface area contributed by atoms with Crippen LogP contribution in [0.4, 0.5) is 0 Å². The Kier molecular flexibility index (Phi) is 24.2. The van der Waals surface area contributed by atoms with Gasteiger partial charge in [-0.25, -0.2) is 0 Å². The summed E-state index contributed by atoms with van der Waals surface area (Å²) in [5, 5.41) is 0. The van der Waals surface area contributed by atoms with Crippen molar-refractivity contribution >= 4 is 88.5 Å². The van der Waals surface area contributed by atoms with Gasteiger partial charge < -0.3 is 0 Å². The van der Waals surface area contributed by atoms with E-state index in [-0.39, 0.29) is 83.2 Å². The van der Waals surface area contributed by atoms with E-state index >= 15 is 0 Å². The van der Waals surface area contributed by atoms with Crippen molar-refractivity contribution in [3.63, 3.8) is 0 Å². The van der Waals surface area contributed by atoms with Crippen molar-refractivity contribution in [3.8, 4) is 0 Å². The van der Waals surface area contributed by atoms with Crippen LogP contribution in [0.1, 0.15) is 0 Å². The van der Waals surface area contributed by atoms with Crippen LogP contribution in [-0.2, 0) is 21.1 Å². The van der Waals surface area contributed by atoms with Crippen LogP contribution in [0.5, 0.6) is 0 Å². The molecular formula is C42H48Ge3P2Pt+4. The molecule has 0 nitrogen and oxygen atoms in total. The van der Waals surface area contributed by atoms with E-state index in [1.54, 1.807) is 0 Å². The maximum absolute atomic E-state index is 2.40. The Morgan fingerprint density at radius 3 is 0.562 bits per heavy atom. The molecule has 0 bridgehead atoms. The van der Waals surface area contributed by atoms with Gasteiger partial charge in [-0.15, -0.1) is 0 Å². The molecule has 0 aromatic heterocycles. The molecule has 0 saturated carbocycles. The summed E-state index contributed by atoms with van der Waals surface area (Å²) in [6.07, 6.45) is 3.07. The van der Waals surface area contributed by atoms with Crippen LogP contribution in [0.25, 0.3) is 0 Å². The molecule has 6 rings (SSSR count). The van der Waals surface area contributed by atoms with Crippen LogP contribution in [0.3, 0.4) is 0 Å². The third-order valence-corrected chi connectivity index (χ3v) is 17.5. The van der Waals surface area contributed by atoms with E-state index in [1.165, 1.54) is 38.7 Å². The molecule has 0 fully saturated rings. The second kappa shape index (κ2) is 27.2. The van der Waals surface area contributed by atoms with Crippen LogP contribution >= 0.6 is 15.8 Å². The molecule has 48 heavy (non-hydrogen) atoms. The average molecular weight is 1030 g/mol. The molecule has 0 aliphatic heterocycles. The van der Waals surface area contributed by atoms with E-state index in [2.05, 4.69) is 209 Å². The normalized spacial score (nSPS) is 9.88. The second-order valence-corrected chi connectivity index (χ2v) is 26.2. The summed E-state index contributed by atoms with van der Waals surface area (Å²) >= 11 is -0.323. The molecule has 0 spiro atoms. The van der Waals surface area contributed by atoms with Gasteiger partial charge in [-0.2, -0.15) is 0 Å². The van der Waals surface area contributed by atoms with Crippen molar-refractivity contribution in [2.75, 3.05) is 39.0 Å². The Bertz CT molecular complexity index is 1270. The monoisotopic (exact) mass is 1030 g/mol. The van der Waals surface area contributed by atoms with Crippen LogP contribution in [0.15, 0.2) is 182 Å². The molecule has 6 radical (unpaired) electrons. The first-order valence-corrected chi connectivity index (χ1v) is 27.9. The second-order valence-electron chi connectivity index (χ2n) is 11.5. The predicted molar refractivity (Wildman–Crippen MR) is 224 cm³/mol.